The van der Waals surface area contributed by atoms with Gasteiger partial charge in [-0.3, -0.25) is 0 Å². The number of aromatic nitrogens is 2. The zero-order chi connectivity index (χ0) is 15.2. The molecule has 0 aliphatic carbocycles. The van der Waals surface area contributed by atoms with Crippen LogP contribution in [-0.2, 0) is 0 Å². The zero-order valence-electron chi connectivity index (χ0n) is 13.3. The summed E-state index contributed by atoms with van der Waals surface area (Å²) in [5.74, 6) is 2.95. The summed E-state index contributed by atoms with van der Waals surface area (Å²) < 4.78 is 0. The Morgan fingerprint density at radius 3 is 2.33 bits per heavy atom. The van der Waals surface area contributed by atoms with Crippen molar-refractivity contribution in [3.05, 3.63) is 41.7 Å². The van der Waals surface area contributed by atoms with Gasteiger partial charge in [0.15, 0.2) is 0 Å². The molecule has 2 rings (SSSR count). The van der Waals surface area contributed by atoms with Crippen molar-refractivity contribution in [2.24, 2.45) is 0 Å². The fourth-order valence-electron chi connectivity index (χ4n) is 1.99. The summed E-state index contributed by atoms with van der Waals surface area (Å²) in [5.41, 5.74) is 2.09. The van der Waals surface area contributed by atoms with Gasteiger partial charge in [-0.15, -0.1) is 0 Å². The number of nitrogens with zero attached hydrogens (tertiary/aromatic N) is 2. The van der Waals surface area contributed by atoms with Crippen molar-refractivity contribution in [2.45, 2.75) is 40.0 Å². The number of rotatable bonds is 6. The third-order valence-corrected chi connectivity index (χ3v) is 3.26. The molecule has 0 saturated carbocycles. The molecule has 2 N–H and O–H groups in total. The maximum Gasteiger partial charge on any atom is 0.139 e. The highest BCUT2D eigenvalue weighted by Crippen LogP contribution is 2.25. The molecule has 2 aromatic rings. The van der Waals surface area contributed by atoms with E-state index in [-0.39, 0.29) is 0 Å². The quantitative estimate of drug-likeness (QED) is 0.821. The minimum atomic E-state index is 0.295. The number of para-hydroxylation sites is 1. The second-order valence-electron chi connectivity index (χ2n) is 5.48. The molecule has 4 heteroatoms. The van der Waals surface area contributed by atoms with Crippen molar-refractivity contribution < 1.29 is 0 Å². The van der Waals surface area contributed by atoms with Crippen LogP contribution < -0.4 is 10.6 Å². The van der Waals surface area contributed by atoms with E-state index in [1.165, 1.54) is 0 Å². The first-order valence-electron chi connectivity index (χ1n) is 7.56. The van der Waals surface area contributed by atoms with E-state index >= 15 is 0 Å². The molecule has 0 aliphatic heterocycles. The molecular weight excluding hydrogens is 260 g/mol. The molecule has 1 aromatic carbocycles. The van der Waals surface area contributed by atoms with Gasteiger partial charge in [0, 0.05) is 23.7 Å². The molecule has 112 valence electrons. The standard InChI is InChI=1S/C17H24N4/c1-5-11-18-16-13(4)17(21-15(20-16)12(2)3)19-14-9-7-6-8-10-14/h6-10,12H,5,11H2,1-4H3,(H2,18,19,20,21). The molecule has 0 aliphatic rings. The van der Waals surface area contributed by atoms with Gasteiger partial charge >= 0.3 is 0 Å². The highest BCUT2D eigenvalue weighted by atomic mass is 15.1. The smallest absolute Gasteiger partial charge is 0.139 e. The van der Waals surface area contributed by atoms with Crippen LogP contribution in [0.1, 0.15) is 44.5 Å². The fraction of sp³-hybridized carbons (Fsp3) is 0.412. The van der Waals surface area contributed by atoms with Gasteiger partial charge in [0.2, 0.25) is 0 Å². The van der Waals surface area contributed by atoms with Crippen molar-refractivity contribution in [1.82, 2.24) is 9.97 Å². The van der Waals surface area contributed by atoms with Gasteiger partial charge in [-0.2, -0.15) is 0 Å². The Morgan fingerprint density at radius 2 is 1.71 bits per heavy atom. The average Bonchev–Trinajstić information content (AvgIpc) is 2.49. The van der Waals surface area contributed by atoms with Crippen molar-refractivity contribution in [3.8, 4) is 0 Å². The van der Waals surface area contributed by atoms with E-state index in [2.05, 4.69) is 41.4 Å². The molecule has 0 spiro atoms. The molecule has 0 radical (unpaired) electrons. The van der Waals surface area contributed by atoms with Crippen LogP contribution in [-0.4, -0.2) is 16.5 Å². The molecule has 0 amide bonds. The molecule has 1 aromatic heterocycles. The second kappa shape index (κ2) is 7.07. The largest absolute Gasteiger partial charge is 0.370 e. The summed E-state index contributed by atoms with van der Waals surface area (Å²) in [5, 5.41) is 6.79. The van der Waals surface area contributed by atoms with Gasteiger partial charge in [-0.1, -0.05) is 39.0 Å². The van der Waals surface area contributed by atoms with Crippen LogP contribution in [0.25, 0.3) is 0 Å². The van der Waals surface area contributed by atoms with Crippen LogP contribution in [0.2, 0.25) is 0 Å². The Kier molecular flexibility index (Phi) is 5.14. The Balaban J connectivity index is 2.36. The van der Waals surface area contributed by atoms with E-state index in [0.29, 0.717) is 5.92 Å². The number of hydrogen-bond acceptors (Lipinski definition) is 4. The lowest BCUT2D eigenvalue weighted by molar-refractivity contribution is 0.773. The maximum atomic E-state index is 4.67. The lowest BCUT2D eigenvalue weighted by atomic mass is 10.2. The minimum Gasteiger partial charge on any atom is -0.370 e. The number of benzene rings is 1. The van der Waals surface area contributed by atoms with Crippen LogP contribution in [0.15, 0.2) is 30.3 Å². The van der Waals surface area contributed by atoms with Gasteiger partial charge in [-0.25, -0.2) is 9.97 Å². The predicted molar refractivity (Wildman–Crippen MR) is 89.4 cm³/mol. The Bertz CT molecular complexity index is 579. The minimum absolute atomic E-state index is 0.295. The molecule has 0 atom stereocenters. The van der Waals surface area contributed by atoms with Crippen molar-refractivity contribution in [2.75, 3.05) is 17.2 Å². The molecule has 1 heterocycles. The normalized spacial score (nSPS) is 10.7. The summed E-state index contributed by atoms with van der Waals surface area (Å²) in [7, 11) is 0. The molecule has 4 nitrogen and oxygen atoms in total. The van der Waals surface area contributed by atoms with Crippen molar-refractivity contribution in [1.29, 1.82) is 0 Å². The number of anilines is 3. The van der Waals surface area contributed by atoms with Gasteiger partial charge in [-0.05, 0) is 25.5 Å². The lowest BCUT2D eigenvalue weighted by Crippen LogP contribution is -2.11. The SMILES string of the molecule is CCCNc1nc(C(C)C)nc(Nc2ccccc2)c1C. The average molecular weight is 284 g/mol. The first kappa shape index (κ1) is 15.3. The molecule has 21 heavy (non-hydrogen) atoms. The van der Waals surface area contributed by atoms with E-state index in [1.54, 1.807) is 0 Å². The van der Waals surface area contributed by atoms with E-state index in [4.69, 9.17) is 0 Å². The van der Waals surface area contributed by atoms with Crippen LogP contribution in [0.4, 0.5) is 17.3 Å². The zero-order valence-corrected chi connectivity index (χ0v) is 13.3. The summed E-state index contributed by atoms with van der Waals surface area (Å²) in [6.07, 6.45) is 1.07. The first-order chi connectivity index (χ1) is 10.1. The van der Waals surface area contributed by atoms with Crippen LogP contribution in [0, 0.1) is 6.92 Å². The van der Waals surface area contributed by atoms with Crippen LogP contribution >= 0.6 is 0 Å². The van der Waals surface area contributed by atoms with Gasteiger partial charge in [0.1, 0.15) is 17.5 Å². The monoisotopic (exact) mass is 284 g/mol. The van der Waals surface area contributed by atoms with E-state index in [9.17, 15) is 0 Å². The van der Waals surface area contributed by atoms with E-state index in [0.717, 1.165) is 41.7 Å². The van der Waals surface area contributed by atoms with Crippen LogP contribution in [0.3, 0.4) is 0 Å². The Hall–Kier alpha value is -2.10. The summed E-state index contributed by atoms with van der Waals surface area (Å²) in [6, 6.07) is 10.1. The van der Waals surface area contributed by atoms with E-state index in [1.807, 2.05) is 37.3 Å². The third kappa shape index (κ3) is 3.94. The molecular formula is C17H24N4. The maximum absolute atomic E-state index is 4.67. The fourth-order valence-corrected chi connectivity index (χ4v) is 1.99. The third-order valence-electron chi connectivity index (χ3n) is 3.26. The van der Waals surface area contributed by atoms with Gasteiger partial charge < -0.3 is 10.6 Å². The summed E-state index contributed by atoms with van der Waals surface area (Å²) in [6.45, 7) is 9.34. The first-order valence-corrected chi connectivity index (χ1v) is 7.56. The highest BCUT2D eigenvalue weighted by molar-refractivity contribution is 5.64. The molecule has 0 unspecified atom stereocenters. The topological polar surface area (TPSA) is 49.8 Å². The van der Waals surface area contributed by atoms with Crippen LogP contribution in [0.5, 0.6) is 0 Å². The number of hydrogen-bond donors (Lipinski definition) is 2. The molecule has 0 saturated heterocycles. The summed E-state index contributed by atoms with van der Waals surface area (Å²) in [4.78, 5) is 9.32. The van der Waals surface area contributed by atoms with E-state index < -0.39 is 0 Å². The van der Waals surface area contributed by atoms with Crippen molar-refractivity contribution >= 4 is 17.3 Å². The Morgan fingerprint density at radius 1 is 1.05 bits per heavy atom. The van der Waals surface area contributed by atoms with Crippen molar-refractivity contribution in [3.63, 3.8) is 0 Å². The Labute approximate surface area is 127 Å². The van der Waals surface area contributed by atoms with Gasteiger partial charge in [0.25, 0.3) is 0 Å². The van der Waals surface area contributed by atoms with Gasteiger partial charge in [0.05, 0.1) is 0 Å². The second-order valence-corrected chi connectivity index (χ2v) is 5.48. The summed E-state index contributed by atoms with van der Waals surface area (Å²) >= 11 is 0. The highest BCUT2D eigenvalue weighted by Gasteiger charge is 2.13. The lowest BCUT2D eigenvalue weighted by Gasteiger charge is -2.16. The molecule has 0 fully saturated rings. The number of nitrogens with one attached hydrogen (secondary N) is 2. The molecule has 0 bridgehead atoms. The predicted octanol–water partition coefficient (Wildman–Crippen LogP) is 4.47.